The molecule has 0 saturated carbocycles. The van der Waals surface area contributed by atoms with Gasteiger partial charge in [-0.05, 0) is 29.7 Å². The van der Waals surface area contributed by atoms with E-state index in [9.17, 15) is 4.79 Å². The van der Waals surface area contributed by atoms with Crippen molar-refractivity contribution in [3.8, 4) is 5.75 Å². The smallest absolute Gasteiger partial charge is 0.308 e. The summed E-state index contributed by atoms with van der Waals surface area (Å²) in [6.07, 6.45) is 31.1. The summed E-state index contributed by atoms with van der Waals surface area (Å²) in [5.41, 5.74) is 2.26. The maximum atomic E-state index is 11.0. The summed E-state index contributed by atoms with van der Waals surface area (Å²) in [7, 11) is 0. The predicted molar refractivity (Wildman–Crippen MR) is 153 cm³/mol. The van der Waals surface area contributed by atoms with E-state index >= 15 is 0 Å². The Balaban J connectivity index is 0.00000684. The van der Waals surface area contributed by atoms with Crippen molar-refractivity contribution in [2.75, 3.05) is 0 Å². The van der Waals surface area contributed by atoms with E-state index in [1.807, 2.05) is 24.3 Å². The van der Waals surface area contributed by atoms with E-state index in [2.05, 4.69) is 48.2 Å². The minimum absolute atomic E-state index is 0. The summed E-state index contributed by atoms with van der Waals surface area (Å²) >= 11 is 0. The molecule has 0 spiro atoms. The molecule has 2 aromatic rings. The number of hydrogen-bond acceptors (Lipinski definition) is 2. The summed E-state index contributed by atoms with van der Waals surface area (Å²) in [5.74, 6) is 0.282. The Morgan fingerprint density at radius 2 is 1.05 bits per heavy atom. The molecule has 3 nitrogen and oxygen atoms in total. The van der Waals surface area contributed by atoms with E-state index in [4.69, 9.17) is 4.74 Å². The average molecular weight is 620 g/mol. The van der Waals surface area contributed by atoms with E-state index in [-0.39, 0.29) is 29.9 Å². The second-order valence-electron chi connectivity index (χ2n) is 10.2. The summed E-state index contributed by atoms with van der Waals surface area (Å²) in [6.45, 7) is 4.80. The van der Waals surface area contributed by atoms with Crippen molar-refractivity contribution < 1.29 is 38.1 Å². The third-order valence-electron chi connectivity index (χ3n) is 6.80. The lowest BCUT2D eigenvalue weighted by Gasteiger charge is -2.03. The molecule has 0 radical (unpaired) electrons. The Kier molecular flexibility index (Phi) is 20.1. The van der Waals surface area contributed by atoms with Crippen LogP contribution >= 0.6 is 0 Å². The summed E-state index contributed by atoms with van der Waals surface area (Å²) < 4.78 is 7.36. The van der Waals surface area contributed by atoms with Crippen LogP contribution in [0, 0.1) is 0 Å². The van der Waals surface area contributed by atoms with E-state index in [1.54, 1.807) is 0 Å². The molecule has 0 bridgehead atoms. The van der Waals surface area contributed by atoms with Crippen LogP contribution in [0.1, 0.15) is 128 Å². The highest BCUT2D eigenvalue weighted by atomic mass is 127. The molecule has 0 N–H and O–H groups in total. The van der Waals surface area contributed by atoms with Crippen LogP contribution in [-0.4, -0.2) is 5.97 Å². The van der Waals surface area contributed by atoms with Crippen LogP contribution in [0.4, 0.5) is 0 Å². The van der Waals surface area contributed by atoms with Gasteiger partial charge in [0.25, 0.3) is 0 Å². The fourth-order valence-corrected chi connectivity index (χ4v) is 4.58. The number of esters is 1. The van der Waals surface area contributed by atoms with Gasteiger partial charge in [0.2, 0.25) is 0 Å². The van der Waals surface area contributed by atoms with Gasteiger partial charge in [0.15, 0.2) is 12.4 Å². The SMILES string of the molecule is CCCCCCCCCCCCCCCCCC[n+]1ccc(/C=C/c2ccc(OC(C)=O)cc2)cc1.[I-]. The van der Waals surface area contributed by atoms with Gasteiger partial charge in [-0.1, -0.05) is 121 Å². The number of unbranched alkanes of at least 4 members (excludes halogenated alkanes) is 15. The molecule has 4 heteroatoms. The zero-order chi connectivity index (χ0) is 25.7. The normalized spacial score (nSPS) is 11.0. The van der Waals surface area contributed by atoms with Crippen molar-refractivity contribution in [3.05, 3.63) is 59.9 Å². The lowest BCUT2D eigenvalue weighted by molar-refractivity contribution is -0.697. The van der Waals surface area contributed by atoms with Gasteiger partial charge < -0.3 is 28.7 Å². The highest BCUT2D eigenvalue weighted by Gasteiger charge is 2.01. The van der Waals surface area contributed by atoms with E-state index in [1.165, 1.54) is 115 Å². The third kappa shape index (κ3) is 17.4. The Morgan fingerprint density at radius 1 is 0.649 bits per heavy atom. The minimum Gasteiger partial charge on any atom is -1.00 e. The zero-order valence-corrected chi connectivity index (χ0v) is 25.6. The van der Waals surface area contributed by atoms with Crippen LogP contribution < -0.4 is 33.3 Å². The number of carbonyl (C=O) groups is 1. The van der Waals surface area contributed by atoms with Crippen molar-refractivity contribution in [2.45, 2.75) is 123 Å². The lowest BCUT2D eigenvalue weighted by atomic mass is 10.0. The largest absolute Gasteiger partial charge is 1.00 e. The Labute approximate surface area is 244 Å². The molecule has 1 aromatic heterocycles. The molecule has 0 saturated heterocycles. The van der Waals surface area contributed by atoms with E-state index in [0.717, 1.165) is 12.1 Å². The molecule has 206 valence electrons. The van der Waals surface area contributed by atoms with Crippen LogP contribution in [0.25, 0.3) is 12.2 Å². The number of carbonyl (C=O) groups excluding carboxylic acids is 1. The summed E-state index contributed by atoms with van der Waals surface area (Å²) in [6, 6.07) is 11.9. The van der Waals surface area contributed by atoms with Crippen molar-refractivity contribution in [1.29, 1.82) is 0 Å². The molecule has 0 aliphatic carbocycles. The first kappa shape index (κ1) is 33.3. The maximum Gasteiger partial charge on any atom is 0.308 e. The minimum atomic E-state index is -0.296. The second kappa shape index (κ2) is 22.3. The molecule has 0 aliphatic heterocycles. The van der Waals surface area contributed by atoms with Gasteiger partial charge in [0.05, 0.1) is 0 Å². The quantitative estimate of drug-likeness (QED) is 0.0570. The molecule has 2 rings (SSSR count). The number of hydrogen-bond donors (Lipinski definition) is 0. The number of benzene rings is 1. The van der Waals surface area contributed by atoms with E-state index in [0.29, 0.717) is 5.75 Å². The second-order valence-corrected chi connectivity index (χ2v) is 10.2. The molecular formula is C33H50INO2. The number of rotatable bonds is 20. The van der Waals surface area contributed by atoms with Gasteiger partial charge in [0.1, 0.15) is 12.3 Å². The Bertz CT molecular complexity index is 846. The first-order valence-corrected chi connectivity index (χ1v) is 14.6. The standard InChI is InChI=1S/C33H50NO2.HI/c1-3-4-5-6-7-8-9-10-11-12-13-14-15-16-17-18-27-34-28-25-32(26-29-34)20-19-31-21-23-33(24-22-31)36-30(2)35;/h19-26,28-29H,3-18,27H2,1-2H3;1H/q+1;/p-1/b20-19+;. The molecule has 1 aromatic carbocycles. The van der Waals surface area contributed by atoms with Crippen LogP contribution in [0.3, 0.4) is 0 Å². The van der Waals surface area contributed by atoms with Crippen LogP contribution in [-0.2, 0) is 11.3 Å². The zero-order valence-electron chi connectivity index (χ0n) is 23.4. The Morgan fingerprint density at radius 3 is 1.49 bits per heavy atom. The number of nitrogens with zero attached hydrogens (tertiary/aromatic N) is 1. The number of ether oxygens (including phenoxy) is 1. The van der Waals surface area contributed by atoms with Crippen molar-refractivity contribution in [1.82, 2.24) is 0 Å². The molecule has 37 heavy (non-hydrogen) atoms. The third-order valence-corrected chi connectivity index (χ3v) is 6.80. The van der Waals surface area contributed by atoms with Gasteiger partial charge >= 0.3 is 5.97 Å². The number of pyridine rings is 1. The van der Waals surface area contributed by atoms with Crippen molar-refractivity contribution in [3.63, 3.8) is 0 Å². The molecule has 1 heterocycles. The molecule has 0 atom stereocenters. The van der Waals surface area contributed by atoms with Crippen molar-refractivity contribution >= 4 is 18.1 Å². The van der Waals surface area contributed by atoms with Crippen molar-refractivity contribution in [2.24, 2.45) is 0 Å². The molecule has 0 fully saturated rings. The maximum absolute atomic E-state index is 11.0. The fourth-order valence-electron chi connectivity index (χ4n) is 4.58. The van der Waals surface area contributed by atoms with Gasteiger partial charge in [-0.25, -0.2) is 4.57 Å². The topological polar surface area (TPSA) is 30.2 Å². The van der Waals surface area contributed by atoms with Crippen LogP contribution in [0.5, 0.6) is 5.75 Å². The molecule has 0 aliphatic rings. The average Bonchev–Trinajstić information content (AvgIpc) is 2.88. The molecule has 0 unspecified atom stereocenters. The molecule has 0 amide bonds. The van der Waals surface area contributed by atoms with Gasteiger partial charge in [0, 0.05) is 25.5 Å². The van der Waals surface area contributed by atoms with Gasteiger partial charge in [-0.3, -0.25) is 4.79 Å². The number of halogens is 1. The van der Waals surface area contributed by atoms with E-state index < -0.39 is 0 Å². The lowest BCUT2D eigenvalue weighted by Crippen LogP contribution is -3.00. The monoisotopic (exact) mass is 619 g/mol. The van der Waals surface area contributed by atoms with Gasteiger partial charge in [-0.15, -0.1) is 0 Å². The first-order chi connectivity index (χ1) is 17.7. The highest BCUT2D eigenvalue weighted by molar-refractivity contribution is 5.71. The number of aromatic nitrogens is 1. The van der Waals surface area contributed by atoms with Crippen LogP contribution in [0.2, 0.25) is 0 Å². The summed E-state index contributed by atoms with van der Waals surface area (Å²) in [5, 5.41) is 0. The predicted octanol–water partition coefficient (Wildman–Crippen LogP) is 6.34. The van der Waals surface area contributed by atoms with Gasteiger partial charge in [-0.2, -0.15) is 0 Å². The highest BCUT2D eigenvalue weighted by Crippen LogP contribution is 2.15. The first-order valence-electron chi connectivity index (χ1n) is 14.6. The molecular weight excluding hydrogens is 569 g/mol. The summed E-state index contributed by atoms with van der Waals surface area (Å²) in [4.78, 5) is 11.0. The fraction of sp³-hybridized carbons (Fsp3) is 0.576. The van der Waals surface area contributed by atoms with Crippen LogP contribution in [0.15, 0.2) is 48.8 Å². The Hall–Kier alpha value is -1.69. The number of aryl methyl sites for hydroxylation is 1.